The Hall–Kier alpha value is -1.59. The molecule has 1 amide bonds. The van der Waals surface area contributed by atoms with Gasteiger partial charge >= 0.3 is 0 Å². The van der Waals surface area contributed by atoms with Crippen LogP contribution >= 0.6 is 0 Å². The highest BCUT2D eigenvalue weighted by Gasteiger charge is 2.17. The summed E-state index contributed by atoms with van der Waals surface area (Å²) in [7, 11) is 1.84. The smallest absolute Gasteiger partial charge is 0.253 e. The summed E-state index contributed by atoms with van der Waals surface area (Å²) in [6.07, 6.45) is 0. The lowest BCUT2D eigenvalue weighted by Crippen LogP contribution is -2.46. The number of carbonyl (C=O) groups is 1. The number of hydrogen-bond donors (Lipinski definition) is 2. The molecular formula is C16H25N3O2. The van der Waals surface area contributed by atoms with Gasteiger partial charge in [-0.3, -0.25) is 9.69 Å². The number of anilines is 1. The van der Waals surface area contributed by atoms with Gasteiger partial charge < -0.3 is 15.4 Å². The quantitative estimate of drug-likeness (QED) is 0.863. The van der Waals surface area contributed by atoms with Crippen LogP contribution in [0, 0.1) is 6.92 Å². The fourth-order valence-electron chi connectivity index (χ4n) is 2.58. The van der Waals surface area contributed by atoms with Crippen LogP contribution in [0.15, 0.2) is 18.2 Å². The first kappa shape index (κ1) is 15.8. The molecule has 1 aliphatic heterocycles. The summed E-state index contributed by atoms with van der Waals surface area (Å²) >= 11 is 0. The number of nitrogens with one attached hydrogen (secondary N) is 2. The molecule has 1 saturated heterocycles. The van der Waals surface area contributed by atoms with Crippen LogP contribution < -0.4 is 10.6 Å². The molecule has 5 heteroatoms. The standard InChI is InChI=1S/C16H25N3O2/c1-12-4-5-14(15(10-12)17-3)16(20)18-13(2)11-19-6-8-21-9-7-19/h4-5,10,13,17H,6-9,11H2,1-3H3,(H,18,20). The van der Waals surface area contributed by atoms with Gasteiger partial charge in [-0.2, -0.15) is 0 Å². The number of hydrogen-bond acceptors (Lipinski definition) is 4. The van der Waals surface area contributed by atoms with Crippen LogP contribution in [0.3, 0.4) is 0 Å². The number of rotatable bonds is 5. The molecule has 1 aromatic rings. The fourth-order valence-corrected chi connectivity index (χ4v) is 2.58. The molecule has 0 aromatic heterocycles. The van der Waals surface area contributed by atoms with Crippen molar-refractivity contribution in [3.8, 4) is 0 Å². The lowest BCUT2D eigenvalue weighted by Gasteiger charge is -2.29. The molecule has 0 saturated carbocycles. The van der Waals surface area contributed by atoms with Crippen molar-refractivity contribution in [1.29, 1.82) is 0 Å². The zero-order valence-electron chi connectivity index (χ0n) is 13.1. The van der Waals surface area contributed by atoms with Gasteiger partial charge in [-0.25, -0.2) is 0 Å². The third-order valence-corrected chi connectivity index (χ3v) is 3.70. The van der Waals surface area contributed by atoms with E-state index in [1.165, 1.54) is 0 Å². The second-order valence-corrected chi connectivity index (χ2v) is 5.59. The Morgan fingerprint density at radius 2 is 2.10 bits per heavy atom. The Labute approximate surface area is 126 Å². The summed E-state index contributed by atoms with van der Waals surface area (Å²) in [6.45, 7) is 8.35. The van der Waals surface area contributed by atoms with Crippen molar-refractivity contribution in [2.24, 2.45) is 0 Å². The zero-order chi connectivity index (χ0) is 15.2. The topological polar surface area (TPSA) is 53.6 Å². The van der Waals surface area contributed by atoms with E-state index in [0.29, 0.717) is 5.56 Å². The third-order valence-electron chi connectivity index (χ3n) is 3.70. The minimum Gasteiger partial charge on any atom is -0.387 e. The second-order valence-electron chi connectivity index (χ2n) is 5.59. The summed E-state index contributed by atoms with van der Waals surface area (Å²) in [5.74, 6) is -0.0277. The normalized spacial score (nSPS) is 17.3. The predicted molar refractivity (Wildman–Crippen MR) is 84.9 cm³/mol. The Balaban J connectivity index is 1.94. The van der Waals surface area contributed by atoms with E-state index in [-0.39, 0.29) is 11.9 Å². The lowest BCUT2D eigenvalue weighted by molar-refractivity contribution is 0.0342. The summed E-state index contributed by atoms with van der Waals surface area (Å²) < 4.78 is 5.34. The maximum Gasteiger partial charge on any atom is 0.253 e. The molecule has 0 aliphatic carbocycles. The zero-order valence-corrected chi connectivity index (χ0v) is 13.1. The van der Waals surface area contributed by atoms with Crippen molar-refractivity contribution < 1.29 is 9.53 Å². The Morgan fingerprint density at radius 3 is 2.76 bits per heavy atom. The van der Waals surface area contributed by atoms with E-state index in [0.717, 1.165) is 44.1 Å². The molecule has 1 aromatic carbocycles. The Bertz CT molecular complexity index is 484. The molecule has 116 valence electrons. The number of ether oxygens (including phenoxy) is 1. The first-order valence-electron chi connectivity index (χ1n) is 7.49. The summed E-state index contributed by atoms with van der Waals surface area (Å²) in [6, 6.07) is 5.93. The molecule has 1 unspecified atom stereocenters. The molecule has 0 bridgehead atoms. The van der Waals surface area contributed by atoms with E-state index in [1.807, 2.05) is 39.1 Å². The maximum absolute atomic E-state index is 12.4. The number of aryl methyl sites for hydroxylation is 1. The molecule has 0 radical (unpaired) electrons. The average molecular weight is 291 g/mol. The second kappa shape index (κ2) is 7.43. The summed E-state index contributed by atoms with van der Waals surface area (Å²) in [5.41, 5.74) is 2.69. The van der Waals surface area contributed by atoms with Crippen molar-refractivity contribution in [2.45, 2.75) is 19.9 Å². The molecule has 21 heavy (non-hydrogen) atoms. The highest BCUT2D eigenvalue weighted by atomic mass is 16.5. The van der Waals surface area contributed by atoms with Gasteiger partial charge in [-0.15, -0.1) is 0 Å². The lowest BCUT2D eigenvalue weighted by atomic mass is 10.1. The monoisotopic (exact) mass is 291 g/mol. The minimum atomic E-state index is -0.0277. The molecule has 1 fully saturated rings. The fraction of sp³-hybridized carbons (Fsp3) is 0.562. The van der Waals surface area contributed by atoms with Crippen molar-refractivity contribution >= 4 is 11.6 Å². The van der Waals surface area contributed by atoms with Gasteiger partial charge in [-0.1, -0.05) is 6.07 Å². The van der Waals surface area contributed by atoms with Crippen LogP contribution in [0.5, 0.6) is 0 Å². The number of nitrogens with zero attached hydrogens (tertiary/aromatic N) is 1. The predicted octanol–water partition coefficient (Wildman–Crippen LogP) is 1.49. The SMILES string of the molecule is CNc1cc(C)ccc1C(=O)NC(C)CN1CCOCC1. The summed E-state index contributed by atoms with van der Waals surface area (Å²) in [4.78, 5) is 14.7. The van der Waals surface area contributed by atoms with Crippen LogP contribution in [-0.2, 0) is 4.74 Å². The number of benzene rings is 1. The van der Waals surface area contributed by atoms with Crippen LogP contribution in [0.1, 0.15) is 22.8 Å². The Kier molecular flexibility index (Phi) is 5.59. The van der Waals surface area contributed by atoms with Gasteiger partial charge in [0, 0.05) is 38.4 Å². The van der Waals surface area contributed by atoms with Crippen LogP contribution in [0.4, 0.5) is 5.69 Å². The molecule has 1 heterocycles. The van der Waals surface area contributed by atoms with E-state index >= 15 is 0 Å². The molecule has 1 aliphatic rings. The van der Waals surface area contributed by atoms with E-state index in [2.05, 4.69) is 15.5 Å². The van der Waals surface area contributed by atoms with E-state index in [1.54, 1.807) is 0 Å². The van der Waals surface area contributed by atoms with Crippen molar-refractivity contribution in [2.75, 3.05) is 45.2 Å². The first-order chi connectivity index (χ1) is 10.1. The minimum absolute atomic E-state index is 0.0277. The van der Waals surface area contributed by atoms with Crippen LogP contribution in [-0.4, -0.2) is 56.7 Å². The average Bonchev–Trinajstić information content (AvgIpc) is 2.47. The molecule has 1 atom stereocenters. The van der Waals surface area contributed by atoms with Gasteiger partial charge in [0.1, 0.15) is 0 Å². The highest BCUT2D eigenvalue weighted by molar-refractivity contribution is 5.99. The molecule has 5 nitrogen and oxygen atoms in total. The van der Waals surface area contributed by atoms with Gasteiger partial charge in [-0.05, 0) is 31.5 Å². The van der Waals surface area contributed by atoms with Crippen molar-refractivity contribution in [1.82, 2.24) is 10.2 Å². The van der Waals surface area contributed by atoms with E-state index < -0.39 is 0 Å². The van der Waals surface area contributed by atoms with Gasteiger partial charge in [0.15, 0.2) is 0 Å². The van der Waals surface area contributed by atoms with Gasteiger partial charge in [0.2, 0.25) is 0 Å². The maximum atomic E-state index is 12.4. The Morgan fingerprint density at radius 1 is 1.38 bits per heavy atom. The molecular weight excluding hydrogens is 266 g/mol. The largest absolute Gasteiger partial charge is 0.387 e. The van der Waals surface area contributed by atoms with Crippen molar-refractivity contribution in [3.63, 3.8) is 0 Å². The number of amides is 1. The molecule has 2 N–H and O–H groups in total. The van der Waals surface area contributed by atoms with Gasteiger partial charge in [0.05, 0.1) is 18.8 Å². The molecule has 0 spiro atoms. The molecule has 2 rings (SSSR count). The highest BCUT2D eigenvalue weighted by Crippen LogP contribution is 2.17. The van der Waals surface area contributed by atoms with Crippen LogP contribution in [0.2, 0.25) is 0 Å². The van der Waals surface area contributed by atoms with E-state index in [4.69, 9.17) is 4.74 Å². The van der Waals surface area contributed by atoms with Crippen molar-refractivity contribution in [3.05, 3.63) is 29.3 Å². The van der Waals surface area contributed by atoms with E-state index in [9.17, 15) is 4.79 Å². The third kappa shape index (κ3) is 4.44. The summed E-state index contributed by atoms with van der Waals surface area (Å²) in [5, 5.41) is 6.16. The first-order valence-corrected chi connectivity index (χ1v) is 7.49. The van der Waals surface area contributed by atoms with Crippen LogP contribution in [0.25, 0.3) is 0 Å². The number of morpholine rings is 1. The van der Waals surface area contributed by atoms with Gasteiger partial charge in [0.25, 0.3) is 5.91 Å². The number of carbonyl (C=O) groups excluding carboxylic acids is 1.